The van der Waals surface area contributed by atoms with E-state index in [0.29, 0.717) is 36.8 Å². The van der Waals surface area contributed by atoms with Gasteiger partial charge in [-0.25, -0.2) is 14.4 Å². The van der Waals surface area contributed by atoms with Crippen LogP contribution >= 0.6 is 0 Å². The topological polar surface area (TPSA) is 58.6 Å². The summed E-state index contributed by atoms with van der Waals surface area (Å²) in [6.45, 7) is 10.3. The number of rotatable bonds is 8. The molecule has 0 aliphatic carbocycles. The van der Waals surface area contributed by atoms with E-state index in [0.717, 1.165) is 31.5 Å². The number of piperazine rings is 1. The monoisotopic (exact) mass is 428 g/mol. The van der Waals surface area contributed by atoms with E-state index in [1.54, 1.807) is 19.1 Å². The number of carbonyl (C=O) groups is 1. The van der Waals surface area contributed by atoms with E-state index in [9.17, 15) is 9.18 Å². The number of hydrogen-bond donors (Lipinski definition) is 0. The lowest BCUT2D eigenvalue weighted by atomic mass is 9.96. The summed E-state index contributed by atoms with van der Waals surface area (Å²) < 4.78 is 19.2. The highest BCUT2D eigenvalue weighted by Crippen LogP contribution is 2.27. The van der Waals surface area contributed by atoms with Crippen molar-refractivity contribution in [3.05, 3.63) is 42.0 Å². The molecule has 0 unspecified atom stereocenters. The molecule has 1 aromatic carbocycles. The standard InChI is InChI=1S/C24H33FN4O2/c1-5-7-8-19(6-2)24(30)29-12-11-28(15-18(29)4)22-14-23(27-16-26-22)31-21-10-9-20(25)13-17(21)3/h9-10,13-14,16,18-19H,5-8,11-12,15H2,1-4H3/t18-,19-/m1/s1. The Morgan fingerprint density at radius 1 is 1.26 bits per heavy atom. The van der Waals surface area contributed by atoms with Gasteiger partial charge in [-0.05, 0) is 50.5 Å². The number of unbranched alkanes of at least 4 members (excludes halogenated alkanes) is 1. The first-order valence-corrected chi connectivity index (χ1v) is 11.2. The molecule has 0 saturated carbocycles. The molecule has 2 atom stereocenters. The van der Waals surface area contributed by atoms with Crippen molar-refractivity contribution in [1.29, 1.82) is 0 Å². The zero-order valence-corrected chi connectivity index (χ0v) is 19.0. The largest absolute Gasteiger partial charge is 0.439 e. The first-order chi connectivity index (χ1) is 14.9. The Morgan fingerprint density at radius 3 is 2.74 bits per heavy atom. The van der Waals surface area contributed by atoms with Crippen molar-refractivity contribution in [2.45, 2.75) is 59.4 Å². The highest BCUT2D eigenvalue weighted by molar-refractivity contribution is 5.79. The van der Waals surface area contributed by atoms with Crippen LogP contribution < -0.4 is 9.64 Å². The van der Waals surface area contributed by atoms with Gasteiger partial charge in [-0.2, -0.15) is 0 Å². The van der Waals surface area contributed by atoms with E-state index < -0.39 is 0 Å². The van der Waals surface area contributed by atoms with Crippen LogP contribution in [0.2, 0.25) is 0 Å². The smallest absolute Gasteiger partial charge is 0.226 e. The maximum atomic E-state index is 13.3. The fourth-order valence-electron chi connectivity index (χ4n) is 4.08. The molecule has 1 amide bonds. The molecule has 1 aromatic heterocycles. The van der Waals surface area contributed by atoms with Gasteiger partial charge in [0.1, 0.15) is 23.7 Å². The van der Waals surface area contributed by atoms with Crippen LogP contribution in [0, 0.1) is 18.7 Å². The van der Waals surface area contributed by atoms with Gasteiger partial charge in [0.25, 0.3) is 0 Å². The van der Waals surface area contributed by atoms with E-state index in [2.05, 4.69) is 35.6 Å². The molecule has 3 rings (SSSR count). The van der Waals surface area contributed by atoms with Crippen LogP contribution in [0.1, 0.15) is 52.0 Å². The predicted octanol–water partition coefficient (Wildman–Crippen LogP) is 4.97. The number of amides is 1. The second-order valence-corrected chi connectivity index (χ2v) is 8.30. The van der Waals surface area contributed by atoms with Crippen molar-refractivity contribution in [3.8, 4) is 11.6 Å². The van der Waals surface area contributed by atoms with E-state index in [1.165, 1.54) is 18.5 Å². The van der Waals surface area contributed by atoms with Crippen molar-refractivity contribution >= 4 is 11.7 Å². The van der Waals surface area contributed by atoms with Gasteiger partial charge in [-0.3, -0.25) is 4.79 Å². The van der Waals surface area contributed by atoms with E-state index in [1.807, 2.05) is 4.90 Å². The molecular formula is C24H33FN4O2. The number of hydrogen-bond acceptors (Lipinski definition) is 5. The van der Waals surface area contributed by atoms with Crippen molar-refractivity contribution in [2.24, 2.45) is 5.92 Å². The zero-order valence-electron chi connectivity index (χ0n) is 19.0. The first kappa shape index (κ1) is 23.0. The minimum Gasteiger partial charge on any atom is -0.439 e. The molecule has 1 saturated heterocycles. The number of benzene rings is 1. The summed E-state index contributed by atoms with van der Waals surface area (Å²) in [5, 5.41) is 0. The average molecular weight is 429 g/mol. The SMILES string of the molecule is CCCC[C@@H](CC)C(=O)N1CCN(c2cc(Oc3ccc(F)cc3C)ncn2)C[C@H]1C. The molecule has 1 aliphatic heterocycles. The molecule has 168 valence electrons. The van der Waals surface area contributed by atoms with Gasteiger partial charge in [0.2, 0.25) is 11.8 Å². The Hall–Kier alpha value is -2.70. The van der Waals surface area contributed by atoms with Crippen molar-refractivity contribution in [2.75, 3.05) is 24.5 Å². The molecule has 2 heterocycles. The Labute approximate surface area is 184 Å². The first-order valence-electron chi connectivity index (χ1n) is 11.2. The van der Waals surface area contributed by atoms with Crippen LogP contribution in [0.5, 0.6) is 11.6 Å². The maximum absolute atomic E-state index is 13.3. The molecule has 1 fully saturated rings. The number of ether oxygens (including phenoxy) is 1. The van der Waals surface area contributed by atoms with Crippen LogP contribution in [0.15, 0.2) is 30.6 Å². The quantitative estimate of drug-likeness (QED) is 0.594. The summed E-state index contributed by atoms with van der Waals surface area (Å²) >= 11 is 0. The lowest BCUT2D eigenvalue weighted by Gasteiger charge is -2.41. The molecule has 31 heavy (non-hydrogen) atoms. The van der Waals surface area contributed by atoms with E-state index >= 15 is 0 Å². The third-order valence-electron chi connectivity index (χ3n) is 5.96. The lowest BCUT2D eigenvalue weighted by molar-refractivity contribution is -0.138. The highest BCUT2D eigenvalue weighted by atomic mass is 19.1. The number of anilines is 1. The van der Waals surface area contributed by atoms with Crippen molar-refractivity contribution < 1.29 is 13.9 Å². The van der Waals surface area contributed by atoms with E-state index in [-0.39, 0.29) is 23.7 Å². The van der Waals surface area contributed by atoms with Gasteiger partial charge < -0.3 is 14.5 Å². The predicted molar refractivity (Wildman–Crippen MR) is 120 cm³/mol. The summed E-state index contributed by atoms with van der Waals surface area (Å²) in [6.07, 6.45) is 5.54. The van der Waals surface area contributed by atoms with Crippen molar-refractivity contribution in [1.82, 2.24) is 14.9 Å². The van der Waals surface area contributed by atoms with E-state index in [4.69, 9.17) is 4.74 Å². The van der Waals surface area contributed by atoms with Gasteiger partial charge in [0.05, 0.1) is 0 Å². The number of carbonyl (C=O) groups excluding carboxylic acids is 1. The highest BCUT2D eigenvalue weighted by Gasteiger charge is 2.31. The summed E-state index contributed by atoms with van der Waals surface area (Å²) in [7, 11) is 0. The molecule has 0 spiro atoms. The molecule has 0 radical (unpaired) electrons. The molecule has 1 aliphatic rings. The minimum absolute atomic E-state index is 0.107. The number of aryl methyl sites for hydroxylation is 1. The second-order valence-electron chi connectivity index (χ2n) is 8.30. The Kier molecular flexibility index (Phi) is 7.82. The van der Waals surface area contributed by atoms with Gasteiger partial charge in [0.15, 0.2) is 0 Å². The van der Waals surface area contributed by atoms with Crippen LogP contribution in [0.4, 0.5) is 10.2 Å². The number of aromatic nitrogens is 2. The van der Waals surface area contributed by atoms with Gasteiger partial charge in [0, 0.05) is 37.7 Å². The van der Waals surface area contributed by atoms with Crippen LogP contribution in [0.3, 0.4) is 0 Å². The fourth-order valence-corrected chi connectivity index (χ4v) is 4.08. The van der Waals surface area contributed by atoms with Crippen LogP contribution in [-0.2, 0) is 4.79 Å². The third-order valence-corrected chi connectivity index (χ3v) is 5.96. The summed E-state index contributed by atoms with van der Waals surface area (Å²) in [5.74, 6) is 1.84. The Bertz CT molecular complexity index is 892. The molecule has 2 aromatic rings. The van der Waals surface area contributed by atoms with Crippen molar-refractivity contribution in [3.63, 3.8) is 0 Å². The molecule has 0 bridgehead atoms. The molecule has 6 nitrogen and oxygen atoms in total. The number of nitrogens with zero attached hydrogens (tertiary/aromatic N) is 4. The van der Waals surface area contributed by atoms with Gasteiger partial charge in [-0.15, -0.1) is 0 Å². The lowest BCUT2D eigenvalue weighted by Crippen LogP contribution is -2.55. The molecular weight excluding hydrogens is 395 g/mol. The normalized spacial score (nSPS) is 17.5. The summed E-state index contributed by atoms with van der Waals surface area (Å²) in [6, 6.07) is 6.30. The summed E-state index contributed by atoms with van der Waals surface area (Å²) in [5.41, 5.74) is 0.703. The average Bonchev–Trinajstić information content (AvgIpc) is 2.76. The van der Waals surface area contributed by atoms with Gasteiger partial charge in [-0.1, -0.05) is 26.7 Å². The third kappa shape index (κ3) is 5.71. The molecule has 0 N–H and O–H groups in total. The number of halogens is 1. The minimum atomic E-state index is -0.297. The van der Waals surface area contributed by atoms with Crippen LogP contribution in [0.25, 0.3) is 0 Å². The Morgan fingerprint density at radius 2 is 2.06 bits per heavy atom. The van der Waals surface area contributed by atoms with Crippen LogP contribution in [-0.4, -0.2) is 46.5 Å². The maximum Gasteiger partial charge on any atom is 0.226 e. The zero-order chi connectivity index (χ0) is 22.4. The fraction of sp³-hybridized carbons (Fsp3) is 0.542. The molecule has 7 heteroatoms. The second kappa shape index (κ2) is 10.6. The summed E-state index contributed by atoms with van der Waals surface area (Å²) in [4.78, 5) is 25.8. The van der Waals surface area contributed by atoms with Gasteiger partial charge >= 0.3 is 0 Å². The Balaban J connectivity index is 1.66.